The van der Waals surface area contributed by atoms with E-state index in [0.29, 0.717) is 5.92 Å². The van der Waals surface area contributed by atoms with Crippen molar-refractivity contribution in [1.82, 2.24) is 9.80 Å². The summed E-state index contributed by atoms with van der Waals surface area (Å²) in [4.78, 5) is 5.02. The first kappa shape index (κ1) is 22.7. The summed E-state index contributed by atoms with van der Waals surface area (Å²) in [5.41, 5.74) is 0.822. The van der Waals surface area contributed by atoms with E-state index in [1.54, 1.807) is 19.2 Å². The average molecular weight is 407 g/mol. The van der Waals surface area contributed by atoms with Crippen LogP contribution in [0.5, 0.6) is 0 Å². The molecular weight excluding hydrogens is 367 g/mol. The summed E-state index contributed by atoms with van der Waals surface area (Å²) in [7, 11) is 1.79. The standard InChI is InChI=1S/C24H39FN2O2/c1-24(2)16-21(10-14-29-24)18-27(13-15-28-3)17-20-8-11-26(12-9-20)19-22-6-4-5-7-23(22)25/h4-7,20-21H,8-19H2,1-3H3. The van der Waals surface area contributed by atoms with Crippen LogP contribution < -0.4 is 0 Å². The molecule has 0 aliphatic carbocycles. The summed E-state index contributed by atoms with van der Waals surface area (Å²) in [5.74, 6) is 1.34. The van der Waals surface area contributed by atoms with Crippen molar-refractivity contribution in [2.24, 2.45) is 11.8 Å². The summed E-state index contributed by atoms with van der Waals surface area (Å²) >= 11 is 0. The number of halogens is 1. The molecule has 1 atom stereocenters. The van der Waals surface area contributed by atoms with Gasteiger partial charge in [-0.05, 0) is 70.5 Å². The van der Waals surface area contributed by atoms with E-state index in [-0.39, 0.29) is 11.4 Å². The number of ether oxygens (including phenoxy) is 2. The third-order valence-corrected chi connectivity index (χ3v) is 6.50. The van der Waals surface area contributed by atoms with E-state index in [4.69, 9.17) is 9.47 Å². The number of likely N-dealkylation sites (tertiary alicyclic amines) is 1. The minimum atomic E-state index is -0.0836. The highest BCUT2D eigenvalue weighted by molar-refractivity contribution is 5.17. The van der Waals surface area contributed by atoms with Gasteiger partial charge in [0, 0.05) is 45.5 Å². The number of methoxy groups -OCH3 is 1. The third-order valence-electron chi connectivity index (χ3n) is 6.50. The molecule has 0 radical (unpaired) electrons. The Labute approximate surface area is 176 Å². The molecular formula is C24H39FN2O2. The van der Waals surface area contributed by atoms with Crippen LogP contribution in [-0.4, -0.2) is 68.4 Å². The van der Waals surface area contributed by atoms with Crippen molar-refractivity contribution in [1.29, 1.82) is 0 Å². The van der Waals surface area contributed by atoms with Crippen molar-refractivity contribution in [3.8, 4) is 0 Å². The van der Waals surface area contributed by atoms with E-state index in [9.17, 15) is 4.39 Å². The van der Waals surface area contributed by atoms with Gasteiger partial charge in [0.05, 0.1) is 12.2 Å². The SMILES string of the molecule is COCCN(CC1CCN(Cc2ccccc2F)CC1)CC1CCOC(C)(C)C1. The zero-order valence-corrected chi connectivity index (χ0v) is 18.5. The molecule has 0 aromatic heterocycles. The molecule has 0 saturated carbocycles. The maximum Gasteiger partial charge on any atom is 0.127 e. The van der Waals surface area contributed by atoms with Crippen LogP contribution >= 0.6 is 0 Å². The highest BCUT2D eigenvalue weighted by atomic mass is 19.1. The molecule has 4 nitrogen and oxygen atoms in total. The second-order valence-electron chi connectivity index (χ2n) is 9.53. The minimum absolute atomic E-state index is 0.00783. The predicted octanol–water partition coefficient (Wildman–Crippen LogP) is 4.19. The Kier molecular flexibility index (Phi) is 8.48. The summed E-state index contributed by atoms with van der Waals surface area (Å²) < 4.78 is 25.2. The van der Waals surface area contributed by atoms with Crippen molar-refractivity contribution in [3.63, 3.8) is 0 Å². The fourth-order valence-electron chi connectivity index (χ4n) is 4.92. The number of hydrogen-bond acceptors (Lipinski definition) is 4. The Morgan fingerprint density at radius 2 is 1.86 bits per heavy atom. The van der Waals surface area contributed by atoms with Gasteiger partial charge in [-0.3, -0.25) is 4.90 Å². The van der Waals surface area contributed by atoms with E-state index >= 15 is 0 Å². The number of nitrogens with zero attached hydrogens (tertiary/aromatic N) is 2. The fraction of sp³-hybridized carbons (Fsp3) is 0.750. The van der Waals surface area contributed by atoms with Crippen LogP contribution in [-0.2, 0) is 16.0 Å². The first-order valence-corrected chi connectivity index (χ1v) is 11.3. The molecule has 5 heteroatoms. The van der Waals surface area contributed by atoms with Crippen LogP contribution in [0.4, 0.5) is 4.39 Å². The quantitative estimate of drug-likeness (QED) is 0.614. The van der Waals surface area contributed by atoms with Crippen LogP contribution in [0, 0.1) is 17.7 Å². The zero-order valence-electron chi connectivity index (χ0n) is 18.5. The van der Waals surface area contributed by atoms with E-state index in [1.165, 1.54) is 12.8 Å². The van der Waals surface area contributed by atoms with Gasteiger partial charge >= 0.3 is 0 Å². The topological polar surface area (TPSA) is 24.9 Å². The normalized spacial score (nSPS) is 23.6. The molecule has 0 bridgehead atoms. The van der Waals surface area contributed by atoms with E-state index in [0.717, 1.165) is 76.8 Å². The van der Waals surface area contributed by atoms with Crippen LogP contribution in [0.3, 0.4) is 0 Å². The molecule has 3 rings (SSSR count). The number of hydrogen-bond donors (Lipinski definition) is 0. The van der Waals surface area contributed by atoms with Crippen LogP contribution in [0.15, 0.2) is 24.3 Å². The second kappa shape index (κ2) is 10.9. The first-order valence-electron chi connectivity index (χ1n) is 11.3. The van der Waals surface area contributed by atoms with Gasteiger partial charge in [0.1, 0.15) is 5.82 Å². The summed E-state index contributed by atoms with van der Waals surface area (Å²) in [6, 6.07) is 7.16. The lowest BCUT2D eigenvalue weighted by Crippen LogP contribution is -2.43. The molecule has 2 saturated heterocycles. The monoisotopic (exact) mass is 406 g/mol. The van der Waals surface area contributed by atoms with Gasteiger partial charge in [0.25, 0.3) is 0 Å². The average Bonchev–Trinajstić information content (AvgIpc) is 2.68. The highest BCUT2D eigenvalue weighted by Gasteiger charge is 2.30. The van der Waals surface area contributed by atoms with Crippen LogP contribution in [0.2, 0.25) is 0 Å². The lowest BCUT2D eigenvalue weighted by molar-refractivity contribution is -0.0779. The molecule has 164 valence electrons. The molecule has 29 heavy (non-hydrogen) atoms. The van der Waals surface area contributed by atoms with Crippen molar-refractivity contribution in [2.75, 3.05) is 53.0 Å². The summed E-state index contributed by atoms with van der Waals surface area (Å²) in [6.07, 6.45) is 4.68. The van der Waals surface area contributed by atoms with E-state index < -0.39 is 0 Å². The molecule has 2 fully saturated rings. The second-order valence-corrected chi connectivity index (χ2v) is 9.53. The van der Waals surface area contributed by atoms with Crippen molar-refractivity contribution in [3.05, 3.63) is 35.6 Å². The van der Waals surface area contributed by atoms with Crippen molar-refractivity contribution in [2.45, 2.75) is 51.7 Å². The highest BCUT2D eigenvalue weighted by Crippen LogP contribution is 2.30. The van der Waals surface area contributed by atoms with Gasteiger partial charge in [-0.2, -0.15) is 0 Å². The number of piperidine rings is 1. The lowest BCUT2D eigenvalue weighted by atomic mass is 9.87. The largest absolute Gasteiger partial charge is 0.383 e. The molecule has 0 N–H and O–H groups in total. The van der Waals surface area contributed by atoms with Gasteiger partial charge in [-0.25, -0.2) is 4.39 Å². The van der Waals surface area contributed by atoms with Gasteiger partial charge in [0.15, 0.2) is 0 Å². The first-order chi connectivity index (χ1) is 13.9. The van der Waals surface area contributed by atoms with Gasteiger partial charge in [-0.1, -0.05) is 18.2 Å². The molecule has 1 aromatic rings. The molecule has 1 unspecified atom stereocenters. The number of benzene rings is 1. The Morgan fingerprint density at radius 3 is 2.55 bits per heavy atom. The Morgan fingerprint density at radius 1 is 1.14 bits per heavy atom. The summed E-state index contributed by atoms with van der Waals surface area (Å²) in [5, 5.41) is 0. The van der Waals surface area contributed by atoms with Gasteiger partial charge < -0.3 is 14.4 Å². The Bertz CT molecular complexity index is 617. The fourth-order valence-corrected chi connectivity index (χ4v) is 4.92. The zero-order chi connectivity index (χ0) is 20.7. The Balaban J connectivity index is 1.47. The molecule has 1 aromatic carbocycles. The minimum Gasteiger partial charge on any atom is -0.383 e. The van der Waals surface area contributed by atoms with Gasteiger partial charge in [-0.15, -0.1) is 0 Å². The van der Waals surface area contributed by atoms with Crippen molar-refractivity contribution < 1.29 is 13.9 Å². The van der Waals surface area contributed by atoms with Crippen LogP contribution in [0.1, 0.15) is 45.1 Å². The van der Waals surface area contributed by atoms with Crippen molar-refractivity contribution >= 4 is 0 Å². The van der Waals surface area contributed by atoms with Gasteiger partial charge in [0.2, 0.25) is 0 Å². The third kappa shape index (κ3) is 7.32. The predicted molar refractivity (Wildman–Crippen MR) is 115 cm³/mol. The maximum absolute atomic E-state index is 13.9. The number of rotatable bonds is 9. The smallest absolute Gasteiger partial charge is 0.127 e. The molecule has 0 spiro atoms. The Hall–Kier alpha value is -1.01. The molecule has 2 heterocycles. The molecule has 2 aliphatic heterocycles. The lowest BCUT2D eigenvalue weighted by Gasteiger charge is -2.39. The molecule has 0 amide bonds. The van der Waals surface area contributed by atoms with Crippen LogP contribution in [0.25, 0.3) is 0 Å². The summed E-state index contributed by atoms with van der Waals surface area (Å²) in [6.45, 7) is 12.2. The maximum atomic E-state index is 13.9. The van der Waals surface area contributed by atoms with E-state index in [2.05, 4.69) is 23.6 Å². The van der Waals surface area contributed by atoms with E-state index in [1.807, 2.05) is 12.1 Å². The molecule has 2 aliphatic rings.